The smallest absolute Gasteiger partial charge is 0.221 e. The van der Waals surface area contributed by atoms with Gasteiger partial charge in [-0.3, -0.25) is 4.79 Å². The number of rotatable bonds is 11. The van der Waals surface area contributed by atoms with Crippen LogP contribution in [-0.2, 0) is 22.4 Å². The second kappa shape index (κ2) is 11.3. The van der Waals surface area contributed by atoms with Gasteiger partial charge in [0.05, 0.1) is 12.1 Å². The number of methoxy groups -OCH3 is 1. The number of carbonyl (C=O) groups excluding carboxylic acids is 1. The van der Waals surface area contributed by atoms with Gasteiger partial charge in [-0.05, 0) is 24.1 Å². The van der Waals surface area contributed by atoms with E-state index in [4.69, 9.17) is 9.72 Å². The fourth-order valence-corrected chi connectivity index (χ4v) is 3.36. The van der Waals surface area contributed by atoms with Gasteiger partial charge >= 0.3 is 0 Å². The van der Waals surface area contributed by atoms with Gasteiger partial charge in [0.25, 0.3) is 0 Å². The second-order valence-electron chi connectivity index (χ2n) is 7.15. The predicted molar refractivity (Wildman–Crippen MR) is 121 cm³/mol. The molecule has 6 heteroatoms. The predicted octanol–water partition coefficient (Wildman–Crippen LogP) is 3.39. The van der Waals surface area contributed by atoms with Crippen LogP contribution < -0.4 is 10.2 Å². The first kappa shape index (κ1) is 21.7. The molecule has 0 fully saturated rings. The maximum atomic E-state index is 12.3. The monoisotopic (exact) mass is 406 g/mol. The molecule has 0 spiro atoms. The Kier molecular flexibility index (Phi) is 8.15. The average Bonchev–Trinajstić information content (AvgIpc) is 2.79. The van der Waals surface area contributed by atoms with Crippen molar-refractivity contribution in [3.63, 3.8) is 0 Å². The topological polar surface area (TPSA) is 67.4 Å². The highest BCUT2D eigenvalue weighted by atomic mass is 16.5. The fraction of sp³-hybridized carbons (Fsp3) is 0.375. The van der Waals surface area contributed by atoms with Crippen LogP contribution in [0.3, 0.4) is 0 Å². The van der Waals surface area contributed by atoms with Crippen LogP contribution in [0.15, 0.2) is 54.6 Å². The van der Waals surface area contributed by atoms with E-state index >= 15 is 0 Å². The van der Waals surface area contributed by atoms with Gasteiger partial charge in [0.1, 0.15) is 11.6 Å². The number of nitrogens with zero attached hydrogens (tertiary/aromatic N) is 3. The summed E-state index contributed by atoms with van der Waals surface area (Å²) >= 11 is 0. The molecule has 0 saturated heterocycles. The number of amides is 1. The van der Waals surface area contributed by atoms with Crippen LogP contribution in [0.2, 0.25) is 0 Å². The molecule has 3 rings (SSSR count). The summed E-state index contributed by atoms with van der Waals surface area (Å²) in [6, 6.07) is 18.5. The molecule has 0 saturated carbocycles. The minimum absolute atomic E-state index is 0.0193. The van der Waals surface area contributed by atoms with Gasteiger partial charge in [0, 0.05) is 45.0 Å². The largest absolute Gasteiger partial charge is 0.383 e. The standard InChI is InChI=1S/C24H30N4O2/c1-3-22-26-21-12-8-7-11-20(21)24(27-22)28(16-13-19-9-5-4-6-10-19)17-14-23(29)25-15-18-30-2/h4-12H,3,13-18H2,1-2H3,(H,25,29). The number of nitrogens with one attached hydrogen (secondary N) is 1. The Morgan fingerprint density at radius 2 is 1.80 bits per heavy atom. The molecule has 0 atom stereocenters. The summed E-state index contributed by atoms with van der Waals surface area (Å²) in [7, 11) is 1.63. The van der Waals surface area contributed by atoms with Crippen molar-refractivity contribution in [1.29, 1.82) is 0 Å². The Morgan fingerprint density at radius 1 is 1.03 bits per heavy atom. The molecule has 3 aromatic rings. The summed E-state index contributed by atoms with van der Waals surface area (Å²) in [6.45, 7) is 4.47. The van der Waals surface area contributed by atoms with E-state index in [1.807, 2.05) is 24.3 Å². The number of aryl methyl sites for hydroxylation is 1. The number of para-hydroxylation sites is 1. The van der Waals surface area contributed by atoms with Crippen molar-refractivity contribution in [3.8, 4) is 0 Å². The van der Waals surface area contributed by atoms with Crippen molar-refractivity contribution in [2.24, 2.45) is 0 Å². The van der Waals surface area contributed by atoms with Crippen molar-refractivity contribution >= 4 is 22.6 Å². The quantitative estimate of drug-likeness (QED) is 0.495. The molecule has 0 radical (unpaired) electrons. The minimum atomic E-state index is 0.0193. The highest BCUT2D eigenvalue weighted by molar-refractivity contribution is 5.89. The number of hydrogen-bond acceptors (Lipinski definition) is 5. The molecule has 0 aliphatic carbocycles. The Hall–Kier alpha value is -2.99. The molecule has 0 unspecified atom stereocenters. The summed E-state index contributed by atoms with van der Waals surface area (Å²) in [4.78, 5) is 24.0. The summed E-state index contributed by atoms with van der Waals surface area (Å²) in [5.74, 6) is 1.74. The Labute approximate surface area is 178 Å². The third kappa shape index (κ3) is 6.00. The maximum Gasteiger partial charge on any atom is 0.221 e. The van der Waals surface area contributed by atoms with Gasteiger partial charge < -0.3 is 15.0 Å². The van der Waals surface area contributed by atoms with Gasteiger partial charge in [-0.25, -0.2) is 9.97 Å². The Bertz CT molecular complexity index is 946. The van der Waals surface area contributed by atoms with Crippen LogP contribution in [0.4, 0.5) is 5.82 Å². The lowest BCUT2D eigenvalue weighted by atomic mass is 10.1. The third-order valence-electron chi connectivity index (χ3n) is 5.00. The number of benzene rings is 2. The molecule has 30 heavy (non-hydrogen) atoms. The first-order valence-corrected chi connectivity index (χ1v) is 10.5. The molecular formula is C24H30N4O2. The molecule has 2 aromatic carbocycles. The number of hydrogen-bond donors (Lipinski definition) is 1. The van der Waals surface area contributed by atoms with Crippen molar-refractivity contribution in [1.82, 2.24) is 15.3 Å². The Morgan fingerprint density at radius 3 is 2.57 bits per heavy atom. The molecule has 0 aliphatic rings. The minimum Gasteiger partial charge on any atom is -0.383 e. The normalized spacial score (nSPS) is 10.9. The molecular weight excluding hydrogens is 376 g/mol. The Balaban J connectivity index is 1.83. The highest BCUT2D eigenvalue weighted by Gasteiger charge is 2.16. The van der Waals surface area contributed by atoms with E-state index in [2.05, 4.69) is 52.5 Å². The van der Waals surface area contributed by atoms with E-state index in [1.54, 1.807) is 7.11 Å². The van der Waals surface area contributed by atoms with E-state index in [0.29, 0.717) is 26.1 Å². The number of carbonyl (C=O) groups is 1. The molecule has 0 aliphatic heterocycles. The van der Waals surface area contributed by atoms with Crippen LogP contribution in [0.25, 0.3) is 10.9 Å². The zero-order chi connectivity index (χ0) is 21.2. The van der Waals surface area contributed by atoms with Crippen LogP contribution in [0, 0.1) is 0 Å². The molecule has 0 bridgehead atoms. The summed E-state index contributed by atoms with van der Waals surface area (Å²) in [6.07, 6.45) is 2.05. The highest BCUT2D eigenvalue weighted by Crippen LogP contribution is 2.24. The zero-order valence-electron chi connectivity index (χ0n) is 17.8. The number of ether oxygens (including phenoxy) is 1. The summed E-state index contributed by atoms with van der Waals surface area (Å²) in [5.41, 5.74) is 2.20. The first-order valence-electron chi connectivity index (χ1n) is 10.5. The van der Waals surface area contributed by atoms with Crippen LogP contribution >= 0.6 is 0 Å². The number of fused-ring (bicyclic) bond motifs is 1. The lowest BCUT2D eigenvalue weighted by Crippen LogP contribution is -2.34. The average molecular weight is 407 g/mol. The maximum absolute atomic E-state index is 12.3. The molecule has 6 nitrogen and oxygen atoms in total. The molecule has 1 amide bonds. The zero-order valence-corrected chi connectivity index (χ0v) is 17.8. The molecule has 1 heterocycles. The fourth-order valence-electron chi connectivity index (χ4n) is 3.36. The summed E-state index contributed by atoms with van der Waals surface area (Å²) < 4.78 is 5.01. The lowest BCUT2D eigenvalue weighted by Gasteiger charge is -2.25. The van der Waals surface area contributed by atoms with Crippen molar-refractivity contribution < 1.29 is 9.53 Å². The number of aromatic nitrogens is 2. The SMILES string of the molecule is CCc1nc(N(CCC(=O)NCCOC)CCc2ccccc2)c2ccccc2n1. The van der Waals surface area contributed by atoms with E-state index in [0.717, 1.165) is 41.9 Å². The van der Waals surface area contributed by atoms with E-state index in [1.165, 1.54) is 5.56 Å². The van der Waals surface area contributed by atoms with Gasteiger partial charge in [-0.15, -0.1) is 0 Å². The van der Waals surface area contributed by atoms with Gasteiger partial charge in [0.2, 0.25) is 5.91 Å². The van der Waals surface area contributed by atoms with Crippen LogP contribution in [0.5, 0.6) is 0 Å². The molecule has 1 N–H and O–H groups in total. The van der Waals surface area contributed by atoms with Gasteiger partial charge in [-0.2, -0.15) is 0 Å². The van der Waals surface area contributed by atoms with Gasteiger partial charge in [-0.1, -0.05) is 49.4 Å². The van der Waals surface area contributed by atoms with Crippen molar-refractivity contribution in [2.75, 3.05) is 38.3 Å². The van der Waals surface area contributed by atoms with E-state index in [9.17, 15) is 4.79 Å². The van der Waals surface area contributed by atoms with Crippen molar-refractivity contribution in [3.05, 3.63) is 66.0 Å². The van der Waals surface area contributed by atoms with E-state index in [-0.39, 0.29) is 5.91 Å². The molecule has 158 valence electrons. The van der Waals surface area contributed by atoms with E-state index < -0.39 is 0 Å². The second-order valence-corrected chi connectivity index (χ2v) is 7.15. The number of anilines is 1. The lowest BCUT2D eigenvalue weighted by molar-refractivity contribution is -0.121. The third-order valence-corrected chi connectivity index (χ3v) is 5.00. The van der Waals surface area contributed by atoms with Crippen LogP contribution in [0.1, 0.15) is 24.7 Å². The van der Waals surface area contributed by atoms with Gasteiger partial charge in [0.15, 0.2) is 0 Å². The first-order chi connectivity index (χ1) is 14.7. The van der Waals surface area contributed by atoms with Crippen LogP contribution in [-0.4, -0.2) is 49.2 Å². The summed E-state index contributed by atoms with van der Waals surface area (Å²) in [5, 5.41) is 3.92. The van der Waals surface area contributed by atoms with Crippen molar-refractivity contribution in [2.45, 2.75) is 26.2 Å². The molecule has 1 aromatic heterocycles.